The van der Waals surface area contributed by atoms with E-state index in [-0.39, 0.29) is 23.3 Å². The third-order valence-corrected chi connectivity index (χ3v) is 4.75. The van der Waals surface area contributed by atoms with E-state index in [1.54, 1.807) is 29.7 Å². The number of pyridine rings is 1. The van der Waals surface area contributed by atoms with Crippen LogP contribution in [0, 0.1) is 15.5 Å². The second-order valence-electron chi connectivity index (χ2n) is 6.97. The molecular weight excluding hydrogens is 473 g/mol. The summed E-state index contributed by atoms with van der Waals surface area (Å²) >= 11 is 0. The van der Waals surface area contributed by atoms with Crippen LogP contribution in [-0.4, -0.2) is 44.3 Å². The van der Waals surface area contributed by atoms with E-state index in [1.807, 2.05) is 24.3 Å². The summed E-state index contributed by atoms with van der Waals surface area (Å²) in [5.41, 5.74) is 2.78. The van der Waals surface area contributed by atoms with Crippen LogP contribution in [-0.2, 0) is 9.53 Å². The molecule has 0 spiro atoms. The van der Waals surface area contributed by atoms with E-state index in [2.05, 4.69) is 4.98 Å². The number of nitro groups is 1. The third kappa shape index (κ3) is 5.13. The molecule has 0 bridgehead atoms. The Morgan fingerprint density at radius 3 is 2.29 bits per heavy atom. The number of carboxylic acid groups (broad SMARTS) is 1. The molecule has 0 saturated heterocycles. The minimum absolute atomic E-state index is 0.0485. The Morgan fingerprint density at radius 2 is 1.74 bits per heavy atom. The van der Waals surface area contributed by atoms with Crippen LogP contribution in [0.4, 0.5) is 18.9 Å². The van der Waals surface area contributed by atoms with E-state index < -0.39 is 23.0 Å². The molecule has 4 aromatic rings. The van der Waals surface area contributed by atoms with Crippen molar-refractivity contribution in [1.29, 1.82) is 5.41 Å². The number of aromatic amines is 1. The fourth-order valence-electron chi connectivity index (χ4n) is 3.28. The molecule has 13 heteroatoms. The van der Waals surface area contributed by atoms with Crippen LogP contribution < -0.4 is 5.49 Å². The van der Waals surface area contributed by atoms with Crippen molar-refractivity contribution in [2.24, 2.45) is 0 Å². The lowest BCUT2D eigenvalue weighted by Gasteiger charge is -2.12. The number of aliphatic carboxylic acids is 1. The molecular formula is C22H17F3N4O6. The number of esters is 1. The number of carboxylic acids is 1. The van der Waals surface area contributed by atoms with Crippen LogP contribution in [0.25, 0.3) is 27.6 Å². The number of halogens is 3. The van der Waals surface area contributed by atoms with E-state index in [0.29, 0.717) is 16.7 Å². The standard InChI is InChI=1S/C20H16N4O4.C2HF3O2/c1-2-28-20(25)15-11-17-18(14-5-3-4-6-16(14)22-17)23(19(15)21)12-7-9-13(10-8-12)24(26)27;3-2(4,5)1(6)7/h3-11,21-22H,2H2,1H3;(H,6,7). The maximum Gasteiger partial charge on any atom is 0.490 e. The minimum atomic E-state index is -5.08. The molecule has 35 heavy (non-hydrogen) atoms. The lowest BCUT2D eigenvalue weighted by Crippen LogP contribution is -2.26. The number of fused-ring (bicyclic) bond motifs is 3. The van der Waals surface area contributed by atoms with Gasteiger partial charge in [0.1, 0.15) is 11.1 Å². The molecule has 2 heterocycles. The number of carbonyl (C=O) groups excluding carboxylic acids is 1. The first-order valence-corrected chi connectivity index (χ1v) is 9.88. The zero-order valence-corrected chi connectivity index (χ0v) is 17.9. The monoisotopic (exact) mass is 490 g/mol. The Morgan fingerprint density at radius 1 is 1.14 bits per heavy atom. The quantitative estimate of drug-likeness (QED) is 0.220. The molecule has 4 rings (SSSR count). The number of nitrogens with one attached hydrogen (secondary N) is 2. The molecule has 2 aromatic carbocycles. The summed E-state index contributed by atoms with van der Waals surface area (Å²) in [5, 5.41) is 27.6. The van der Waals surface area contributed by atoms with Crippen LogP contribution in [0.3, 0.4) is 0 Å². The van der Waals surface area contributed by atoms with Gasteiger partial charge in [0.25, 0.3) is 5.69 Å². The smallest absolute Gasteiger partial charge is 0.475 e. The highest BCUT2D eigenvalue weighted by Crippen LogP contribution is 2.27. The van der Waals surface area contributed by atoms with Gasteiger partial charge in [0, 0.05) is 28.7 Å². The van der Waals surface area contributed by atoms with Crippen LogP contribution >= 0.6 is 0 Å². The zero-order valence-electron chi connectivity index (χ0n) is 17.9. The first kappa shape index (κ1) is 25.0. The van der Waals surface area contributed by atoms with Gasteiger partial charge in [-0.2, -0.15) is 13.2 Å². The van der Waals surface area contributed by atoms with Crippen molar-refractivity contribution in [2.75, 3.05) is 6.61 Å². The maximum absolute atomic E-state index is 12.4. The van der Waals surface area contributed by atoms with Crippen molar-refractivity contribution in [2.45, 2.75) is 13.1 Å². The van der Waals surface area contributed by atoms with E-state index in [9.17, 15) is 28.1 Å². The van der Waals surface area contributed by atoms with E-state index in [1.165, 1.54) is 12.1 Å². The molecule has 0 fully saturated rings. The average molecular weight is 490 g/mol. The molecule has 2 aromatic heterocycles. The number of ether oxygens (including phenoxy) is 1. The van der Waals surface area contributed by atoms with Crippen LogP contribution in [0.15, 0.2) is 54.6 Å². The molecule has 0 unspecified atom stereocenters. The predicted octanol–water partition coefficient (Wildman–Crippen LogP) is 4.31. The largest absolute Gasteiger partial charge is 0.490 e. The lowest BCUT2D eigenvalue weighted by atomic mass is 10.1. The number of nitrogens with zero attached hydrogens (tertiary/aromatic N) is 2. The second kappa shape index (κ2) is 9.67. The number of aromatic nitrogens is 2. The molecule has 0 aliphatic carbocycles. The van der Waals surface area contributed by atoms with Crippen molar-refractivity contribution in [3.63, 3.8) is 0 Å². The van der Waals surface area contributed by atoms with Crippen LogP contribution in [0.1, 0.15) is 17.3 Å². The number of alkyl halides is 3. The molecule has 0 amide bonds. The number of carbonyl (C=O) groups is 2. The van der Waals surface area contributed by atoms with Crippen molar-refractivity contribution in [3.8, 4) is 5.69 Å². The molecule has 0 aliphatic rings. The molecule has 10 nitrogen and oxygen atoms in total. The molecule has 3 N–H and O–H groups in total. The predicted molar refractivity (Wildman–Crippen MR) is 117 cm³/mol. The van der Waals surface area contributed by atoms with Gasteiger partial charge in [0.15, 0.2) is 0 Å². The van der Waals surface area contributed by atoms with Crippen molar-refractivity contribution in [3.05, 3.63) is 75.8 Å². The second-order valence-corrected chi connectivity index (χ2v) is 6.97. The molecule has 182 valence electrons. The number of hydrogen-bond donors (Lipinski definition) is 3. The Balaban J connectivity index is 0.000000429. The fraction of sp³-hybridized carbons (Fsp3) is 0.136. The summed E-state index contributed by atoms with van der Waals surface area (Å²) in [6, 6.07) is 15.1. The Hall–Kier alpha value is -4.68. The molecule has 0 radical (unpaired) electrons. The topological polar surface area (TPSA) is 151 Å². The van der Waals surface area contributed by atoms with Gasteiger partial charge in [-0.15, -0.1) is 0 Å². The van der Waals surface area contributed by atoms with E-state index >= 15 is 0 Å². The van der Waals surface area contributed by atoms with E-state index in [4.69, 9.17) is 20.0 Å². The van der Waals surface area contributed by atoms with Crippen molar-refractivity contribution in [1.82, 2.24) is 9.55 Å². The van der Waals surface area contributed by atoms with Crippen LogP contribution in [0.2, 0.25) is 0 Å². The van der Waals surface area contributed by atoms with Gasteiger partial charge < -0.3 is 14.8 Å². The first-order chi connectivity index (χ1) is 16.5. The van der Waals surface area contributed by atoms with Gasteiger partial charge in [-0.1, -0.05) is 18.2 Å². The number of hydrogen-bond acceptors (Lipinski definition) is 6. The number of H-pyrrole nitrogens is 1. The lowest BCUT2D eigenvalue weighted by molar-refractivity contribution is -0.384. The van der Waals surface area contributed by atoms with Gasteiger partial charge in [0.2, 0.25) is 0 Å². The highest BCUT2D eigenvalue weighted by molar-refractivity contribution is 6.07. The molecule has 0 saturated carbocycles. The summed E-state index contributed by atoms with van der Waals surface area (Å²) in [5.74, 6) is -3.35. The summed E-state index contributed by atoms with van der Waals surface area (Å²) in [7, 11) is 0. The minimum Gasteiger partial charge on any atom is -0.475 e. The van der Waals surface area contributed by atoms with Gasteiger partial charge in [0.05, 0.1) is 22.6 Å². The third-order valence-electron chi connectivity index (χ3n) is 4.75. The SMILES string of the molecule is CCOC(=O)c1cc2[nH]c3ccccc3c2n(-c2ccc([N+](=O)[O-])cc2)c1=N.O=C(O)C(F)(F)F. The summed E-state index contributed by atoms with van der Waals surface area (Å²) in [4.78, 5) is 35.0. The van der Waals surface area contributed by atoms with Gasteiger partial charge in [-0.25, -0.2) is 9.59 Å². The number of nitro benzene ring substituents is 1. The number of benzene rings is 2. The fourth-order valence-corrected chi connectivity index (χ4v) is 3.28. The Kier molecular flexibility index (Phi) is 6.89. The first-order valence-electron chi connectivity index (χ1n) is 9.88. The van der Waals surface area contributed by atoms with Crippen molar-refractivity contribution >= 4 is 39.6 Å². The summed E-state index contributed by atoms with van der Waals surface area (Å²) in [6.07, 6.45) is -5.08. The van der Waals surface area contributed by atoms with E-state index in [0.717, 1.165) is 10.9 Å². The normalized spacial score (nSPS) is 11.1. The Labute approximate surface area is 193 Å². The van der Waals surface area contributed by atoms with Gasteiger partial charge in [-0.3, -0.25) is 20.1 Å². The molecule has 0 aliphatic heterocycles. The average Bonchev–Trinajstić information content (AvgIpc) is 3.17. The van der Waals surface area contributed by atoms with Crippen LogP contribution in [0.5, 0.6) is 0 Å². The van der Waals surface area contributed by atoms with Gasteiger partial charge in [-0.05, 0) is 31.2 Å². The number of para-hydroxylation sites is 1. The summed E-state index contributed by atoms with van der Waals surface area (Å²) in [6.45, 7) is 1.90. The summed E-state index contributed by atoms with van der Waals surface area (Å²) < 4.78 is 38.4. The maximum atomic E-state index is 12.4. The number of rotatable bonds is 4. The van der Waals surface area contributed by atoms with Gasteiger partial charge >= 0.3 is 18.1 Å². The molecule has 0 atom stereocenters. The Bertz CT molecular complexity index is 1490. The number of non-ortho nitro benzene ring substituents is 1. The van der Waals surface area contributed by atoms with Crippen molar-refractivity contribution < 1.29 is 37.5 Å². The highest BCUT2D eigenvalue weighted by Gasteiger charge is 2.38. The highest BCUT2D eigenvalue weighted by atomic mass is 19.4. The zero-order chi connectivity index (χ0) is 25.9.